The molecule has 0 bridgehead atoms. The number of nitrogens with zero attached hydrogens (tertiary/aromatic N) is 3. The second kappa shape index (κ2) is 10.3. The summed E-state index contributed by atoms with van der Waals surface area (Å²) in [5.74, 6) is -1.89. The third kappa shape index (κ3) is 5.51. The number of rotatable bonds is 5. The minimum atomic E-state index is -0.959. The fourth-order valence-electron chi connectivity index (χ4n) is 3.11. The molecular weight excluding hydrogens is 473 g/mol. The second-order valence-corrected chi connectivity index (χ2v) is 8.20. The highest BCUT2D eigenvalue weighted by molar-refractivity contribution is 6.42. The molecule has 170 valence electrons. The van der Waals surface area contributed by atoms with E-state index in [0.29, 0.717) is 16.3 Å². The molecule has 0 atom stereocenters. The van der Waals surface area contributed by atoms with Crippen LogP contribution in [0.1, 0.15) is 11.1 Å². The fourth-order valence-corrected chi connectivity index (χ4v) is 3.45. The number of halogens is 2. The fraction of sp³-hybridized carbons (Fsp3) is 0.0400. The van der Waals surface area contributed by atoms with Crippen LogP contribution in [0.5, 0.6) is 0 Å². The number of benzene rings is 3. The van der Waals surface area contributed by atoms with Crippen molar-refractivity contribution in [3.05, 3.63) is 100 Å². The molecule has 2 N–H and O–H groups in total. The molecule has 0 saturated heterocycles. The van der Waals surface area contributed by atoms with Crippen LogP contribution in [0.3, 0.4) is 0 Å². The molecule has 0 aliphatic rings. The third-order valence-corrected chi connectivity index (χ3v) is 5.41. The van der Waals surface area contributed by atoms with E-state index in [4.69, 9.17) is 28.3 Å². The maximum absolute atomic E-state index is 12.2. The minimum absolute atomic E-state index is 0.226. The molecule has 9 heteroatoms. The quantitative estimate of drug-likeness (QED) is 0.227. The highest BCUT2D eigenvalue weighted by atomic mass is 35.5. The van der Waals surface area contributed by atoms with Gasteiger partial charge in [0.1, 0.15) is 5.69 Å². The Bertz CT molecular complexity index is 1370. The Kier molecular flexibility index (Phi) is 7.06. The number of amides is 2. The maximum Gasteiger partial charge on any atom is 0.329 e. The standard InChI is InChI=1S/C25H19Cl2N5O2/c1-16-7-9-17(10-8-16)23-18(15-32(31-23)20-5-3-2-4-6-20)14-28-30-25(34)24(33)29-22-13-19(26)11-12-21(22)27/h2-15H,1H3,(H,29,33)(H,30,34)/b28-14-. The maximum atomic E-state index is 12.2. The Hall–Kier alpha value is -3.94. The van der Waals surface area contributed by atoms with Crippen molar-refractivity contribution in [2.75, 3.05) is 5.32 Å². The van der Waals surface area contributed by atoms with Crippen molar-refractivity contribution in [3.63, 3.8) is 0 Å². The van der Waals surface area contributed by atoms with Crippen LogP contribution in [0.15, 0.2) is 84.1 Å². The Balaban J connectivity index is 1.54. The van der Waals surface area contributed by atoms with E-state index >= 15 is 0 Å². The van der Waals surface area contributed by atoms with Crippen molar-refractivity contribution in [1.82, 2.24) is 15.2 Å². The van der Waals surface area contributed by atoms with Crippen LogP contribution >= 0.6 is 23.2 Å². The van der Waals surface area contributed by atoms with Gasteiger partial charge in [-0.3, -0.25) is 9.59 Å². The average molecular weight is 492 g/mol. The summed E-state index contributed by atoms with van der Waals surface area (Å²) in [4.78, 5) is 24.4. The van der Waals surface area contributed by atoms with Crippen LogP contribution in [0.4, 0.5) is 5.69 Å². The Labute approximate surface area is 206 Å². The van der Waals surface area contributed by atoms with Crippen LogP contribution < -0.4 is 10.7 Å². The van der Waals surface area contributed by atoms with Crippen molar-refractivity contribution in [2.45, 2.75) is 6.92 Å². The van der Waals surface area contributed by atoms with E-state index < -0.39 is 11.8 Å². The smallest absolute Gasteiger partial charge is 0.316 e. The van der Waals surface area contributed by atoms with E-state index in [0.717, 1.165) is 16.8 Å². The zero-order chi connectivity index (χ0) is 24.1. The molecule has 34 heavy (non-hydrogen) atoms. The molecule has 0 unspecified atom stereocenters. The third-order valence-electron chi connectivity index (χ3n) is 4.84. The largest absolute Gasteiger partial charge is 0.329 e. The van der Waals surface area contributed by atoms with Crippen LogP contribution in [-0.4, -0.2) is 27.8 Å². The van der Waals surface area contributed by atoms with Gasteiger partial charge in [-0.15, -0.1) is 0 Å². The summed E-state index contributed by atoms with van der Waals surface area (Å²) in [7, 11) is 0. The molecule has 4 rings (SSSR count). The molecule has 0 spiro atoms. The molecule has 4 aromatic rings. The first-order valence-electron chi connectivity index (χ1n) is 10.2. The average Bonchev–Trinajstić information content (AvgIpc) is 3.26. The van der Waals surface area contributed by atoms with Gasteiger partial charge in [0, 0.05) is 22.3 Å². The van der Waals surface area contributed by atoms with Gasteiger partial charge in [0.25, 0.3) is 0 Å². The van der Waals surface area contributed by atoms with Crippen LogP contribution in [0.2, 0.25) is 10.0 Å². The summed E-state index contributed by atoms with van der Waals surface area (Å²) in [6.45, 7) is 2.01. The summed E-state index contributed by atoms with van der Waals surface area (Å²) >= 11 is 11.9. The summed E-state index contributed by atoms with van der Waals surface area (Å²) in [6, 6.07) is 22.1. The highest BCUT2D eigenvalue weighted by Gasteiger charge is 2.16. The van der Waals surface area contributed by atoms with Gasteiger partial charge in [-0.05, 0) is 37.3 Å². The molecule has 1 aromatic heterocycles. The first-order chi connectivity index (χ1) is 16.4. The minimum Gasteiger partial charge on any atom is -0.316 e. The van der Waals surface area contributed by atoms with Crippen molar-refractivity contribution in [3.8, 4) is 16.9 Å². The Morgan fingerprint density at radius 1 is 0.971 bits per heavy atom. The number of hydrazone groups is 1. The van der Waals surface area contributed by atoms with Crippen LogP contribution in [-0.2, 0) is 9.59 Å². The summed E-state index contributed by atoms with van der Waals surface area (Å²) in [5, 5.41) is 11.7. The molecule has 0 aliphatic carbocycles. The SMILES string of the molecule is Cc1ccc(-c2nn(-c3ccccc3)cc2/C=N\NC(=O)C(=O)Nc2cc(Cl)ccc2Cl)cc1. The van der Waals surface area contributed by atoms with E-state index in [1.165, 1.54) is 18.3 Å². The first-order valence-corrected chi connectivity index (χ1v) is 11.0. The normalized spacial score (nSPS) is 10.9. The van der Waals surface area contributed by atoms with Crippen LogP contribution in [0, 0.1) is 6.92 Å². The van der Waals surface area contributed by atoms with E-state index in [1.54, 1.807) is 16.9 Å². The number of nitrogens with one attached hydrogen (secondary N) is 2. The number of carbonyl (C=O) groups excluding carboxylic acids is 2. The Morgan fingerprint density at radius 3 is 2.44 bits per heavy atom. The number of hydrogen-bond acceptors (Lipinski definition) is 4. The molecule has 3 aromatic carbocycles. The summed E-state index contributed by atoms with van der Waals surface area (Å²) < 4.78 is 1.73. The van der Waals surface area contributed by atoms with Gasteiger partial charge < -0.3 is 5.32 Å². The van der Waals surface area contributed by atoms with Crippen LogP contribution in [0.25, 0.3) is 16.9 Å². The van der Waals surface area contributed by atoms with Gasteiger partial charge in [0.05, 0.1) is 22.6 Å². The topological polar surface area (TPSA) is 88.4 Å². The molecule has 0 aliphatic heterocycles. The van der Waals surface area contributed by atoms with Crippen molar-refractivity contribution < 1.29 is 9.59 Å². The van der Waals surface area contributed by atoms with E-state index in [9.17, 15) is 9.59 Å². The van der Waals surface area contributed by atoms with Gasteiger partial charge in [0.15, 0.2) is 0 Å². The Morgan fingerprint density at radius 2 is 1.71 bits per heavy atom. The lowest BCUT2D eigenvalue weighted by Crippen LogP contribution is -2.32. The predicted molar refractivity (Wildman–Crippen MR) is 135 cm³/mol. The van der Waals surface area contributed by atoms with E-state index in [1.807, 2.05) is 61.5 Å². The van der Waals surface area contributed by atoms with Gasteiger partial charge in [-0.2, -0.15) is 10.2 Å². The van der Waals surface area contributed by atoms with E-state index in [-0.39, 0.29) is 10.7 Å². The lowest BCUT2D eigenvalue weighted by atomic mass is 10.1. The van der Waals surface area contributed by atoms with Crippen molar-refractivity contribution in [1.29, 1.82) is 0 Å². The number of carbonyl (C=O) groups is 2. The molecule has 1 heterocycles. The molecule has 0 fully saturated rings. The molecule has 2 amide bonds. The number of para-hydroxylation sites is 1. The van der Waals surface area contributed by atoms with Gasteiger partial charge in [-0.25, -0.2) is 10.1 Å². The van der Waals surface area contributed by atoms with E-state index in [2.05, 4.69) is 15.8 Å². The summed E-state index contributed by atoms with van der Waals surface area (Å²) in [5.41, 5.74) is 6.68. The molecule has 0 saturated carbocycles. The number of anilines is 1. The first kappa shape index (κ1) is 23.2. The lowest BCUT2D eigenvalue weighted by Gasteiger charge is -2.06. The van der Waals surface area contributed by atoms with Gasteiger partial charge in [-0.1, -0.05) is 71.2 Å². The van der Waals surface area contributed by atoms with Crippen molar-refractivity contribution in [2.24, 2.45) is 5.10 Å². The molecular formula is C25H19Cl2N5O2. The number of aryl methyl sites for hydroxylation is 1. The zero-order valence-electron chi connectivity index (χ0n) is 18.0. The highest BCUT2D eigenvalue weighted by Crippen LogP contribution is 2.25. The number of hydrogen-bond donors (Lipinski definition) is 2. The second-order valence-electron chi connectivity index (χ2n) is 7.36. The van der Waals surface area contributed by atoms with Gasteiger partial charge in [0.2, 0.25) is 0 Å². The molecule has 0 radical (unpaired) electrons. The molecule has 7 nitrogen and oxygen atoms in total. The zero-order valence-corrected chi connectivity index (χ0v) is 19.5. The number of aromatic nitrogens is 2. The lowest BCUT2D eigenvalue weighted by molar-refractivity contribution is -0.136. The summed E-state index contributed by atoms with van der Waals surface area (Å²) in [6.07, 6.45) is 3.24. The monoisotopic (exact) mass is 491 g/mol. The van der Waals surface area contributed by atoms with Gasteiger partial charge >= 0.3 is 11.8 Å². The predicted octanol–water partition coefficient (Wildman–Crippen LogP) is 5.24. The van der Waals surface area contributed by atoms with Crippen molar-refractivity contribution >= 4 is 46.9 Å².